The average Bonchev–Trinajstić information content (AvgIpc) is 2.31. The van der Waals surface area contributed by atoms with E-state index in [0.29, 0.717) is 30.2 Å². The highest BCUT2D eigenvalue weighted by molar-refractivity contribution is 5.67. The highest BCUT2D eigenvalue weighted by Crippen LogP contribution is 2.10. The van der Waals surface area contributed by atoms with E-state index in [1.807, 2.05) is 34.6 Å². The van der Waals surface area contributed by atoms with E-state index in [-0.39, 0.29) is 11.6 Å². The fourth-order valence-electron chi connectivity index (χ4n) is 2.12. The van der Waals surface area contributed by atoms with E-state index in [1.165, 1.54) is 0 Å². The largest absolute Gasteiger partial charge is 0.444 e. The molecule has 7 heteroatoms. The molecule has 1 aromatic rings. The first-order valence-electron chi connectivity index (χ1n) is 7.38. The number of aromatic nitrogens is 2. The van der Waals surface area contributed by atoms with Crippen LogP contribution in [0.25, 0.3) is 0 Å². The summed E-state index contributed by atoms with van der Waals surface area (Å²) in [5.74, 6) is 0.602. The smallest absolute Gasteiger partial charge is 0.407 e. The number of ether oxygens (including phenoxy) is 1. The van der Waals surface area contributed by atoms with Crippen molar-refractivity contribution in [2.45, 2.75) is 53.2 Å². The number of nitrogens with zero attached hydrogens (tertiary/aromatic N) is 1. The number of nitrogens with one attached hydrogen (secondary N) is 3. The Bertz CT molecular complexity index is 575. The summed E-state index contributed by atoms with van der Waals surface area (Å²) in [5.41, 5.74) is 0.678. The number of hydrogen-bond donors (Lipinski definition) is 3. The van der Waals surface area contributed by atoms with Gasteiger partial charge in [0.2, 0.25) is 0 Å². The second-order valence-electron chi connectivity index (χ2n) is 6.25. The predicted octanol–water partition coefficient (Wildman–Crippen LogP) is 1.56. The first-order valence-corrected chi connectivity index (χ1v) is 7.38. The zero-order chi connectivity index (χ0) is 16.9. The Balaban J connectivity index is 2.46. The summed E-state index contributed by atoms with van der Waals surface area (Å²) in [7, 11) is 0. The van der Waals surface area contributed by atoms with E-state index in [9.17, 15) is 9.59 Å². The lowest BCUT2D eigenvalue weighted by Crippen LogP contribution is -2.37. The summed E-state index contributed by atoms with van der Waals surface area (Å²) in [5, 5.41) is 5.85. The highest BCUT2D eigenvalue weighted by Gasteiger charge is 2.16. The SMILES string of the molecule is Cc1nc(C)c(C(C)NCCNC(=O)OC(C)(C)C)c(=O)[nH]1. The quantitative estimate of drug-likeness (QED) is 0.717. The summed E-state index contributed by atoms with van der Waals surface area (Å²) >= 11 is 0. The molecule has 0 aliphatic rings. The third-order valence-electron chi connectivity index (χ3n) is 2.94. The number of aromatic amines is 1. The van der Waals surface area contributed by atoms with Crippen LogP contribution in [0.15, 0.2) is 4.79 Å². The predicted molar refractivity (Wildman–Crippen MR) is 85.0 cm³/mol. The molecule has 0 aromatic carbocycles. The molecule has 0 aliphatic carbocycles. The van der Waals surface area contributed by atoms with Gasteiger partial charge in [-0.3, -0.25) is 4.79 Å². The molecule has 1 unspecified atom stereocenters. The maximum atomic E-state index is 12.0. The normalized spacial score (nSPS) is 12.8. The van der Waals surface area contributed by atoms with Gasteiger partial charge in [0.15, 0.2) is 0 Å². The van der Waals surface area contributed by atoms with Crippen molar-refractivity contribution < 1.29 is 9.53 Å². The van der Waals surface area contributed by atoms with Crippen LogP contribution in [-0.2, 0) is 4.74 Å². The lowest BCUT2D eigenvalue weighted by Gasteiger charge is -2.20. The molecular formula is C15H26N4O3. The molecule has 1 aromatic heterocycles. The highest BCUT2D eigenvalue weighted by atomic mass is 16.6. The number of rotatable bonds is 5. The van der Waals surface area contributed by atoms with Gasteiger partial charge in [-0.1, -0.05) is 0 Å². The lowest BCUT2D eigenvalue weighted by molar-refractivity contribution is 0.0528. The topological polar surface area (TPSA) is 96.1 Å². The number of carbonyl (C=O) groups is 1. The van der Waals surface area contributed by atoms with E-state index in [4.69, 9.17) is 4.74 Å². The molecule has 1 rings (SSSR count). The van der Waals surface area contributed by atoms with Crippen molar-refractivity contribution in [3.05, 3.63) is 27.4 Å². The Labute approximate surface area is 130 Å². The fraction of sp³-hybridized carbons (Fsp3) is 0.667. The van der Waals surface area contributed by atoms with Gasteiger partial charge in [-0.15, -0.1) is 0 Å². The molecular weight excluding hydrogens is 284 g/mol. The van der Waals surface area contributed by atoms with Gasteiger partial charge >= 0.3 is 6.09 Å². The van der Waals surface area contributed by atoms with Gasteiger partial charge in [0.25, 0.3) is 5.56 Å². The Morgan fingerprint density at radius 2 is 1.95 bits per heavy atom. The van der Waals surface area contributed by atoms with Crippen molar-refractivity contribution in [1.82, 2.24) is 20.6 Å². The Morgan fingerprint density at radius 1 is 1.32 bits per heavy atom. The van der Waals surface area contributed by atoms with Crippen LogP contribution in [0.5, 0.6) is 0 Å². The zero-order valence-electron chi connectivity index (χ0n) is 14.2. The fourth-order valence-corrected chi connectivity index (χ4v) is 2.12. The van der Waals surface area contributed by atoms with E-state index in [0.717, 1.165) is 0 Å². The van der Waals surface area contributed by atoms with Gasteiger partial charge in [-0.25, -0.2) is 9.78 Å². The second-order valence-corrected chi connectivity index (χ2v) is 6.25. The first-order chi connectivity index (χ1) is 10.1. The number of aryl methyl sites for hydroxylation is 2. The van der Waals surface area contributed by atoms with Crippen molar-refractivity contribution in [2.75, 3.05) is 13.1 Å². The summed E-state index contributed by atoms with van der Waals surface area (Å²) in [6.45, 7) is 11.8. The maximum Gasteiger partial charge on any atom is 0.407 e. The van der Waals surface area contributed by atoms with Crippen LogP contribution in [0.2, 0.25) is 0 Å². The van der Waals surface area contributed by atoms with Crippen molar-refractivity contribution in [3.63, 3.8) is 0 Å². The molecule has 1 heterocycles. The van der Waals surface area contributed by atoms with Gasteiger partial charge in [-0.2, -0.15) is 0 Å². The Kier molecular flexibility index (Phi) is 6.11. The molecule has 1 amide bonds. The van der Waals surface area contributed by atoms with E-state index in [1.54, 1.807) is 6.92 Å². The average molecular weight is 310 g/mol. The zero-order valence-corrected chi connectivity index (χ0v) is 14.2. The van der Waals surface area contributed by atoms with Crippen LogP contribution in [0.3, 0.4) is 0 Å². The summed E-state index contributed by atoms with van der Waals surface area (Å²) in [6, 6.07) is -0.155. The lowest BCUT2D eigenvalue weighted by atomic mass is 10.1. The summed E-state index contributed by atoms with van der Waals surface area (Å²) < 4.78 is 5.14. The van der Waals surface area contributed by atoms with E-state index >= 15 is 0 Å². The molecule has 7 nitrogen and oxygen atoms in total. The third kappa shape index (κ3) is 5.85. The van der Waals surface area contributed by atoms with Gasteiger partial charge in [0.1, 0.15) is 11.4 Å². The second kappa shape index (κ2) is 7.40. The van der Waals surface area contributed by atoms with Crippen LogP contribution >= 0.6 is 0 Å². The Hall–Kier alpha value is -1.89. The standard InChI is InChI=1S/C15H26N4O3/c1-9(12-10(2)18-11(3)19-13(12)20)16-7-8-17-14(21)22-15(4,5)6/h9,16H,7-8H2,1-6H3,(H,17,21)(H,18,19,20). The molecule has 0 saturated carbocycles. The number of alkyl carbamates (subject to hydrolysis) is 1. The molecule has 1 atom stereocenters. The number of carbonyl (C=O) groups excluding carboxylic acids is 1. The maximum absolute atomic E-state index is 12.0. The first kappa shape index (κ1) is 18.2. The molecule has 3 N–H and O–H groups in total. The van der Waals surface area contributed by atoms with Gasteiger partial charge in [-0.05, 0) is 41.5 Å². The molecule has 0 aliphatic heterocycles. The van der Waals surface area contributed by atoms with Gasteiger partial charge in [0.05, 0.1) is 5.56 Å². The molecule has 0 bridgehead atoms. The number of hydrogen-bond acceptors (Lipinski definition) is 5. The summed E-state index contributed by atoms with van der Waals surface area (Å²) in [4.78, 5) is 30.4. The number of H-pyrrole nitrogens is 1. The minimum Gasteiger partial charge on any atom is -0.444 e. The van der Waals surface area contributed by atoms with Gasteiger partial charge in [0, 0.05) is 24.8 Å². The minimum atomic E-state index is -0.511. The van der Waals surface area contributed by atoms with Crippen molar-refractivity contribution in [3.8, 4) is 0 Å². The monoisotopic (exact) mass is 310 g/mol. The van der Waals surface area contributed by atoms with Crippen LogP contribution in [0.4, 0.5) is 4.79 Å². The minimum absolute atomic E-state index is 0.134. The van der Waals surface area contributed by atoms with Crippen molar-refractivity contribution in [2.24, 2.45) is 0 Å². The van der Waals surface area contributed by atoms with Gasteiger partial charge < -0.3 is 20.4 Å². The van der Waals surface area contributed by atoms with Crippen LogP contribution in [0.1, 0.15) is 50.8 Å². The molecule has 0 fully saturated rings. The molecule has 22 heavy (non-hydrogen) atoms. The van der Waals surface area contributed by atoms with Crippen molar-refractivity contribution in [1.29, 1.82) is 0 Å². The van der Waals surface area contributed by atoms with E-state index in [2.05, 4.69) is 20.6 Å². The molecule has 0 spiro atoms. The van der Waals surface area contributed by atoms with Crippen LogP contribution in [-0.4, -0.2) is 34.8 Å². The summed E-state index contributed by atoms with van der Waals surface area (Å²) in [6.07, 6.45) is -0.451. The van der Waals surface area contributed by atoms with Crippen LogP contribution < -0.4 is 16.2 Å². The molecule has 0 radical (unpaired) electrons. The van der Waals surface area contributed by atoms with Crippen molar-refractivity contribution >= 4 is 6.09 Å². The molecule has 124 valence electrons. The van der Waals surface area contributed by atoms with Crippen LogP contribution in [0, 0.1) is 13.8 Å². The molecule has 0 saturated heterocycles. The van der Waals surface area contributed by atoms with E-state index < -0.39 is 11.7 Å². The number of amides is 1. The third-order valence-corrected chi connectivity index (χ3v) is 2.94. The Morgan fingerprint density at radius 3 is 2.50 bits per heavy atom.